The Morgan fingerprint density at radius 1 is 1.44 bits per heavy atom. The van der Waals surface area contributed by atoms with E-state index in [1.807, 2.05) is 30.7 Å². The average Bonchev–Trinajstić information content (AvgIpc) is 2.50. The van der Waals surface area contributed by atoms with E-state index < -0.39 is 0 Å². The Morgan fingerprint density at radius 2 is 2.19 bits per heavy atom. The highest BCUT2D eigenvalue weighted by molar-refractivity contribution is 9.10. The number of nitrogen functional groups attached to an aromatic ring is 1. The molecule has 0 aliphatic carbocycles. The summed E-state index contributed by atoms with van der Waals surface area (Å²) in [6, 6.07) is 3.85. The van der Waals surface area contributed by atoms with Crippen LogP contribution >= 0.6 is 15.9 Å². The Morgan fingerprint density at radius 3 is 2.75 bits per heavy atom. The van der Waals surface area contributed by atoms with Crippen LogP contribution in [0.25, 0.3) is 0 Å². The van der Waals surface area contributed by atoms with Crippen molar-refractivity contribution in [1.82, 2.24) is 14.8 Å². The minimum absolute atomic E-state index is 0.561. The van der Waals surface area contributed by atoms with Gasteiger partial charge >= 0.3 is 0 Å². The maximum absolute atomic E-state index is 5.80. The van der Waals surface area contributed by atoms with Crippen molar-refractivity contribution in [3.8, 4) is 0 Å². The van der Waals surface area contributed by atoms with Crippen molar-refractivity contribution in [1.29, 1.82) is 0 Å². The number of pyridine rings is 1. The van der Waals surface area contributed by atoms with E-state index in [0.717, 1.165) is 21.4 Å². The van der Waals surface area contributed by atoms with Gasteiger partial charge in [-0.25, -0.2) is 4.98 Å². The molecule has 2 heterocycles. The summed E-state index contributed by atoms with van der Waals surface area (Å²) in [5, 5.41) is 4.40. The van der Waals surface area contributed by atoms with Gasteiger partial charge < -0.3 is 5.73 Å². The van der Waals surface area contributed by atoms with Crippen LogP contribution in [0.1, 0.15) is 16.8 Å². The van der Waals surface area contributed by atoms with Crippen molar-refractivity contribution >= 4 is 21.7 Å². The number of nitrogens with zero attached hydrogens (tertiary/aromatic N) is 3. The average molecular weight is 281 g/mol. The van der Waals surface area contributed by atoms with Gasteiger partial charge in [0.05, 0.1) is 6.54 Å². The summed E-state index contributed by atoms with van der Waals surface area (Å²) in [4.78, 5) is 4.06. The third-order valence-corrected chi connectivity index (χ3v) is 3.45. The first kappa shape index (κ1) is 11.1. The molecule has 0 fully saturated rings. The summed E-state index contributed by atoms with van der Waals surface area (Å²) in [6.45, 7) is 4.73. The van der Waals surface area contributed by atoms with Gasteiger partial charge in [0.1, 0.15) is 10.4 Å². The fourth-order valence-electron chi connectivity index (χ4n) is 1.50. The summed E-state index contributed by atoms with van der Waals surface area (Å²) < 4.78 is 2.81. The molecule has 4 nitrogen and oxygen atoms in total. The molecule has 2 aromatic rings. The Kier molecular flexibility index (Phi) is 2.96. The predicted octanol–water partition coefficient (Wildman–Crippen LogP) is 2.29. The lowest BCUT2D eigenvalue weighted by molar-refractivity contribution is 0.660. The van der Waals surface area contributed by atoms with Crippen LogP contribution in [0.3, 0.4) is 0 Å². The molecule has 5 heteroatoms. The van der Waals surface area contributed by atoms with Crippen molar-refractivity contribution in [2.45, 2.75) is 20.4 Å². The number of hydrogen-bond donors (Lipinski definition) is 1. The van der Waals surface area contributed by atoms with Crippen LogP contribution in [-0.4, -0.2) is 14.8 Å². The molecule has 0 aliphatic heterocycles. The molecule has 2 rings (SSSR count). The van der Waals surface area contributed by atoms with Crippen molar-refractivity contribution in [3.05, 3.63) is 39.8 Å². The zero-order valence-corrected chi connectivity index (χ0v) is 10.8. The van der Waals surface area contributed by atoms with Crippen LogP contribution in [-0.2, 0) is 6.54 Å². The monoisotopic (exact) mass is 280 g/mol. The van der Waals surface area contributed by atoms with Crippen LogP contribution in [0.5, 0.6) is 0 Å². The summed E-state index contributed by atoms with van der Waals surface area (Å²) in [6.07, 6.45) is 1.69. The second-order valence-electron chi connectivity index (χ2n) is 3.71. The normalized spacial score (nSPS) is 10.7. The highest BCUT2D eigenvalue weighted by Gasteiger charge is 2.09. The van der Waals surface area contributed by atoms with E-state index in [9.17, 15) is 0 Å². The van der Waals surface area contributed by atoms with E-state index in [4.69, 9.17) is 5.73 Å². The van der Waals surface area contributed by atoms with Crippen LogP contribution in [0.15, 0.2) is 22.9 Å². The molecule has 0 aromatic carbocycles. The highest BCUT2D eigenvalue weighted by atomic mass is 79.9. The first-order chi connectivity index (χ1) is 7.59. The largest absolute Gasteiger partial charge is 0.383 e. The second-order valence-corrected chi connectivity index (χ2v) is 4.46. The van der Waals surface area contributed by atoms with Crippen molar-refractivity contribution in [2.24, 2.45) is 0 Å². The van der Waals surface area contributed by atoms with Gasteiger partial charge in [0.25, 0.3) is 0 Å². The van der Waals surface area contributed by atoms with Crippen LogP contribution in [0.4, 0.5) is 5.82 Å². The number of rotatable bonds is 2. The molecular weight excluding hydrogens is 268 g/mol. The fraction of sp³-hybridized carbons (Fsp3) is 0.273. The van der Waals surface area contributed by atoms with Crippen LogP contribution < -0.4 is 5.73 Å². The Hall–Kier alpha value is -1.36. The molecule has 0 saturated carbocycles. The zero-order valence-electron chi connectivity index (χ0n) is 9.24. The maximum atomic E-state index is 5.80. The molecule has 16 heavy (non-hydrogen) atoms. The molecule has 0 aliphatic rings. The third kappa shape index (κ3) is 1.95. The van der Waals surface area contributed by atoms with Crippen molar-refractivity contribution < 1.29 is 0 Å². The molecular formula is C11H13BrN4. The molecule has 0 radical (unpaired) electrons. The first-order valence-corrected chi connectivity index (χ1v) is 5.77. The molecule has 0 spiro atoms. The van der Waals surface area contributed by atoms with Crippen LogP contribution in [0.2, 0.25) is 0 Å². The lowest BCUT2D eigenvalue weighted by atomic mass is 10.2. The molecule has 2 N–H and O–H groups in total. The SMILES string of the molecule is Cc1c(Br)nn(Cc2cccnc2N)c1C. The van der Waals surface area contributed by atoms with Gasteiger partial charge in [-0.3, -0.25) is 4.68 Å². The second kappa shape index (κ2) is 4.25. The summed E-state index contributed by atoms with van der Waals surface area (Å²) in [5.74, 6) is 0.561. The summed E-state index contributed by atoms with van der Waals surface area (Å²) in [7, 11) is 0. The Labute approximate surface area is 103 Å². The topological polar surface area (TPSA) is 56.7 Å². The lowest BCUT2D eigenvalue weighted by Gasteiger charge is -2.06. The fourth-order valence-corrected chi connectivity index (χ4v) is 1.98. The quantitative estimate of drug-likeness (QED) is 0.918. The number of nitrogens with two attached hydrogens (primary N) is 1. The van der Waals surface area contributed by atoms with Gasteiger partial charge in [0, 0.05) is 23.0 Å². The molecule has 0 atom stereocenters. The number of aromatic nitrogens is 3. The molecule has 0 amide bonds. The maximum Gasteiger partial charge on any atom is 0.131 e. The molecule has 0 bridgehead atoms. The molecule has 84 valence electrons. The molecule has 0 saturated heterocycles. The number of halogens is 1. The van der Waals surface area contributed by atoms with E-state index in [0.29, 0.717) is 12.4 Å². The van der Waals surface area contributed by atoms with Gasteiger partial charge in [0.2, 0.25) is 0 Å². The summed E-state index contributed by atoms with van der Waals surface area (Å²) >= 11 is 3.42. The van der Waals surface area contributed by atoms with Gasteiger partial charge in [-0.1, -0.05) is 6.07 Å². The molecule has 0 unspecified atom stereocenters. The van der Waals surface area contributed by atoms with E-state index >= 15 is 0 Å². The van der Waals surface area contributed by atoms with E-state index in [1.54, 1.807) is 6.20 Å². The van der Waals surface area contributed by atoms with Crippen LogP contribution in [0, 0.1) is 13.8 Å². The smallest absolute Gasteiger partial charge is 0.131 e. The summed E-state index contributed by atoms with van der Waals surface area (Å²) in [5.41, 5.74) is 9.08. The third-order valence-electron chi connectivity index (χ3n) is 2.69. The zero-order chi connectivity index (χ0) is 11.7. The van der Waals surface area contributed by atoms with Crippen molar-refractivity contribution in [2.75, 3.05) is 5.73 Å². The van der Waals surface area contributed by atoms with E-state index in [-0.39, 0.29) is 0 Å². The first-order valence-electron chi connectivity index (χ1n) is 4.98. The minimum Gasteiger partial charge on any atom is -0.383 e. The number of anilines is 1. The number of hydrogen-bond acceptors (Lipinski definition) is 3. The van der Waals surface area contributed by atoms with Gasteiger partial charge in [-0.2, -0.15) is 5.10 Å². The van der Waals surface area contributed by atoms with E-state index in [1.165, 1.54) is 0 Å². The van der Waals surface area contributed by atoms with Gasteiger partial charge in [-0.15, -0.1) is 0 Å². The van der Waals surface area contributed by atoms with E-state index in [2.05, 4.69) is 26.0 Å². The highest BCUT2D eigenvalue weighted by Crippen LogP contribution is 2.19. The van der Waals surface area contributed by atoms with Crippen molar-refractivity contribution in [3.63, 3.8) is 0 Å². The minimum atomic E-state index is 0.561. The standard InChI is InChI=1S/C11H13BrN4/c1-7-8(2)16(15-10(7)12)6-9-4-3-5-14-11(9)13/h3-5H,6H2,1-2H3,(H2,13,14). The Balaban J connectivity index is 2.34. The molecule has 2 aromatic heterocycles. The van der Waals surface area contributed by atoms with Gasteiger partial charge in [-0.05, 0) is 35.8 Å². The van der Waals surface area contributed by atoms with Gasteiger partial charge in [0.15, 0.2) is 0 Å². The predicted molar refractivity (Wildman–Crippen MR) is 67.2 cm³/mol. The Bertz CT molecular complexity index is 519. The lowest BCUT2D eigenvalue weighted by Crippen LogP contribution is -2.07.